The first kappa shape index (κ1) is 9.48. The Bertz CT molecular complexity index is 245. The summed E-state index contributed by atoms with van der Waals surface area (Å²) in [5.41, 5.74) is 1.51. The van der Waals surface area contributed by atoms with E-state index in [1.807, 2.05) is 0 Å². The van der Waals surface area contributed by atoms with Crippen LogP contribution >= 0.6 is 0 Å². The van der Waals surface area contributed by atoms with Crippen molar-refractivity contribution in [1.29, 1.82) is 0 Å². The third-order valence-corrected chi connectivity index (χ3v) is 3.44. The molecule has 2 heteroatoms. The maximum absolute atomic E-state index is 2.34. The fraction of sp³-hybridized carbons (Fsp3) is 0.400. The second kappa shape index (κ2) is 4.43. The van der Waals surface area contributed by atoms with Crippen molar-refractivity contribution in [2.45, 2.75) is 13.1 Å². The van der Waals surface area contributed by atoms with Gasteiger partial charge in [-0.1, -0.05) is 36.0 Å². The zero-order valence-electron chi connectivity index (χ0n) is 8.17. The van der Waals surface area contributed by atoms with Crippen LogP contribution in [0.15, 0.2) is 24.3 Å². The highest BCUT2D eigenvalue weighted by Crippen LogP contribution is 1.98. The maximum Gasteiger partial charge on any atom is 0.0521 e. The van der Waals surface area contributed by atoms with Crippen molar-refractivity contribution in [3.63, 3.8) is 0 Å². The third kappa shape index (κ3) is 2.46. The van der Waals surface area contributed by atoms with E-state index in [1.165, 1.54) is 5.56 Å². The van der Waals surface area contributed by atoms with Gasteiger partial charge in [-0.05, 0) is 19.7 Å². The molecular weight excluding hydrogens is 162 g/mol. The van der Waals surface area contributed by atoms with E-state index in [1.54, 1.807) is 5.19 Å². The van der Waals surface area contributed by atoms with Crippen molar-refractivity contribution in [1.82, 2.24) is 4.90 Å². The van der Waals surface area contributed by atoms with Crippen LogP contribution in [-0.2, 0) is 6.54 Å². The first-order chi connectivity index (χ1) is 5.74. The van der Waals surface area contributed by atoms with E-state index >= 15 is 0 Å². The minimum Gasteiger partial charge on any atom is -0.305 e. The molecule has 1 aromatic rings. The Morgan fingerprint density at radius 3 is 2.50 bits per heavy atom. The predicted octanol–water partition coefficient (Wildman–Crippen LogP) is 0.590. The van der Waals surface area contributed by atoms with E-state index in [-0.39, 0.29) is 9.52 Å². The smallest absolute Gasteiger partial charge is 0.0521 e. The van der Waals surface area contributed by atoms with Crippen LogP contribution in [0.4, 0.5) is 0 Å². The summed E-state index contributed by atoms with van der Waals surface area (Å²) in [6.45, 7) is 3.42. The van der Waals surface area contributed by atoms with E-state index in [0.29, 0.717) is 0 Å². The summed E-state index contributed by atoms with van der Waals surface area (Å²) >= 11 is 0. The summed E-state index contributed by atoms with van der Waals surface area (Å²) in [6.07, 6.45) is 0. The van der Waals surface area contributed by atoms with Crippen LogP contribution in [0.25, 0.3) is 0 Å². The third-order valence-electron chi connectivity index (χ3n) is 1.99. The highest BCUT2D eigenvalue weighted by Gasteiger charge is 1.99. The van der Waals surface area contributed by atoms with Gasteiger partial charge in [-0.25, -0.2) is 0 Å². The van der Waals surface area contributed by atoms with Gasteiger partial charge in [0.15, 0.2) is 0 Å². The van der Waals surface area contributed by atoms with Gasteiger partial charge in [0.1, 0.15) is 0 Å². The summed E-state index contributed by atoms with van der Waals surface area (Å²) in [5.74, 6) is 0. The molecule has 1 rings (SSSR count). The van der Waals surface area contributed by atoms with Gasteiger partial charge in [-0.3, -0.25) is 0 Å². The summed E-state index contributed by atoms with van der Waals surface area (Å²) in [5, 5.41) is 1.60. The molecule has 0 aliphatic heterocycles. The molecule has 0 bridgehead atoms. The molecule has 0 amide bonds. The largest absolute Gasteiger partial charge is 0.305 e. The highest BCUT2D eigenvalue weighted by molar-refractivity contribution is 6.52. The molecule has 0 atom stereocenters. The lowest BCUT2D eigenvalue weighted by atomic mass is 10.2. The van der Waals surface area contributed by atoms with E-state index in [4.69, 9.17) is 0 Å². The summed E-state index contributed by atoms with van der Waals surface area (Å²) < 4.78 is 0. The maximum atomic E-state index is 2.34. The molecule has 12 heavy (non-hydrogen) atoms. The van der Waals surface area contributed by atoms with E-state index in [2.05, 4.69) is 49.8 Å². The standard InChI is InChI=1S/C10H17NSi/c1-11(2)8-9-6-4-5-7-10(9)12-3/h4-7H,8,12H2,1-3H3. The van der Waals surface area contributed by atoms with Crippen LogP contribution in [0.2, 0.25) is 6.55 Å². The Morgan fingerprint density at radius 1 is 1.25 bits per heavy atom. The highest BCUT2D eigenvalue weighted by atomic mass is 28.2. The lowest BCUT2D eigenvalue weighted by Gasteiger charge is -2.12. The van der Waals surface area contributed by atoms with Gasteiger partial charge in [0.05, 0.1) is 9.52 Å². The second-order valence-electron chi connectivity index (χ2n) is 3.36. The number of hydrogen-bond donors (Lipinski definition) is 0. The first-order valence-corrected chi connectivity index (χ1v) is 6.57. The minimum absolute atomic E-state index is 0.00728. The summed E-state index contributed by atoms with van der Waals surface area (Å²) in [6, 6.07) is 8.79. The molecule has 0 aromatic heterocycles. The molecule has 0 spiro atoms. The van der Waals surface area contributed by atoms with Crippen LogP contribution in [-0.4, -0.2) is 28.5 Å². The van der Waals surface area contributed by atoms with Crippen molar-refractivity contribution < 1.29 is 0 Å². The van der Waals surface area contributed by atoms with Crippen LogP contribution in [0, 0.1) is 0 Å². The Morgan fingerprint density at radius 2 is 1.92 bits per heavy atom. The zero-order chi connectivity index (χ0) is 8.97. The SMILES string of the molecule is C[SiH2]c1ccccc1CN(C)C. The molecule has 0 saturated heterocycles. The molecule has 0 aliphatic rings. The Hall–Kier alpha value is -0.603. The first-order valence-electron chi connectivity index (χ1n) is 4.45. The van der Waals surface area contributed by atoms with E-state index in [9.17, 15) is 0 Å². The summed E-state index contributed by atoms with van der Waals surface area (Å²) in [7, 11) is 4.23. The van der Waals surface area contributed by atoms with Gasteiger partial charge in [-0.2, -0.15) is 0 Å². The average Bonchev–Trinajstić information content (AvgIpc) is 2.04. The fourth-order valence-electron chi connectivity index (χ4n) is 1.40. The Labute approximate surface area is 77.2 Å². The quantitative estimate of drug-likeness (QED) is 0.614. The lowest BCUT2D eigenvalue weighted by Crippen LogP contribution is -2.21. The molecule has 0 aliphatic carbocycles. The monoisotopic (exact) mass is 179 g/mol. The fourth-order valence-corrected chi connectivity index (χ4v) is 2.45. The van der Waals surface area contributed by atoms with Crippen LogP contribution in [0.5, 0.6) is 0 Å². The Balaban J connectivity index is 2.82. The summed E-state index contributed by atoms with van der Waals surface area (Å²) in [4.78, 5) is 2.23. The lowest BCUT2D eigenvalue weighted by molar-refractivity contribution is 0.403. The molecule has 0 N–H and O–H groups in total. The topological polar surface area (TPSA) is 3.24 Å². The molecule has 0 saturated carbocycles. The average molecular weight is 179 g/mol. The molecular formula is C10H17NSi. The molecule has 0 radical (unpaired) electrons. The number of benzene rings is 1. The van der Waals surface area contributed by atoms with Gasteiger partial charge >= 0.3 is 0 Å². The van der Waals surface area contributed by atoms with Crippen LogP contribution < -0.4 is 5.19 Å². The molecule has 0 fully saturated rings. The molecule has 1 nitrogen and oxygen atoms in total. The predicted molar refractivity (Wildman–Crippen MR) is 57.9 cm³/mol. The van der Waals surface area contributed by atoms with Gasteiger partial charge in [0.25, 0.3) is 0 Å². The number of rotatable bonds is 3. The van der Waals surface area contributed by atoms with Gasteiger partial charge in [0.2, 0.25) is 0 Å². The molecule has 0 heterocycles. The van der Waals surface area contributed by atoms with Gasteiger partial charge in [-0.15, -0.1) is 0 Å². The molecule has 1 aromatic carbocycles. The molecule has 66 valence electrons. The van der Waals surface area contributed by atoms with Crippen molar-refractivity contribution in [3.05, 3.63) is 29.8 Å². The van der Waals surface area contributed by atoms with Crippen LogP contribution in [0.3, 0.4) is 0 Å². The van der Waals surface area contributed by atoms with Crippen LogP contribution in [0.1, 0.15) is 5.56 Å². The van der Waals surface area contributed by atoms with Crippen molar-refractivity contribution in [2.24, 2.45) is 0 Å². The number of nitrogens with zero attached hydrogens (tertiary/aromatic N) is 1. The minimum atomic E-state index is -0.00728. The van der Waals surface area contributed by atoms with Crippen molar-refractivity contribution in [2.75, 3.05) is 14.1 Å². The number of hydrogen-bond acceptors (Lipinski definition) is 1. The zero-order valence-corrected chi connectivity index (χ0v) is 9.59. The normalized spacial score (nSPS) is 11.7. The van der Waals surface area contributed by atoms with E-state index in [0.717, 1.165) is 6.54 Å². The van der Waals surface area contributed by atoms with Crippen molar-refractivity contribution in [3.8, 4) is 0 Å². The second-order valence-corrected chi connectivity index (χ2v) is 4.83. The van der Waals surface area contributed by atoms with Crippen molar-refractivity contribution >= 4 is 14.7 Å². The van der Waals surface area contributed by atoms with Gasteiger partial charge < -0.3 is 4.90 Å². The van der Waals surface area contributed by atoms with E-state index < -0.39 is 0 Å². The Kier molecular flexibility index (Phi) is 3.50. The molecule has 0 unspecified atom stereocenters. The van der Waals surface area contributed by atoms with Gasteiger partial charge in [0, 0.05) is 6.54 Å².